The highest BCUT2D eigenvalue weighted by Gasteiger charge is 2.39. The van der Waals surface area contributed by atoms with E-state index in [9.17, 15) is 14.4 Å². The lowest BCUT2D eigenvalue weighted by Crippen LogP contribution is -2.54. The first-order valence-corrected chi connectivity index (χ1v) is 12.1. The molecule has 1 aliphatic carbocycles. The molecule has 1 aromatic heterocycles. The Labute approximate surface area is 184 Å². The van der Waals surface area contributed by atoms with Crippen LogP contribution in [0.2, 0.25) is 0 Å². The third kappa shape index (κ3) is 5.05. The van der Waals surface area contributed by atoms with Crippen LogP contribution in [-0.2, 0) is 11.3 Å². The number of nitrogens with zero attached hydrogens (tertiary/aromatic N) is 3. The lowest BCUT2D eigenvalue weighted by Gasteiger charge is -2.47. The maximum Gasteiger partial charge on any atom is 0.330 e. The Morgan fingerprint density at radius 2 is 1.90 bits per heavy atom. The number of amides is 1. The van der Waals surface area contributed by atoms with Gasteiger partial charge in [-0.05, 0) is 56.9 Å². The number of H-pyrrole nitrogens is 1. The Hall–Kier alpha value is -2.09. The van der Waals surface area contributed by atoms with E-state index in [0.29, 0.717) is 43.9 Å². The van der Waals surface area contributed by atoms with Crippen molar-refractivity contribution in [1.29, 1.82) is 0 Å². The minimum atomic E-state index is -0.582. The molecule has 1 aromatic rings. The molecule has 3 rings (SSSR count). The minimum Gasteiger partial charge on any atom is -0.383 e. The van der Waals surface area contributed by atoms with Gasteiger partial charge in [0.05, 0.1) is 6.54 Å². The highest BCUT2D eigenvalue weighted by molar-refractivity contribution is 5.96. The number of hydrogen-bond acceptors (Lipinski definition) is 5. The van der Waals surface area contributed by atoms with Crippen LogP contribution in [0.3, 0.4) is 0 Å². The number of fused-ring (bicyclic) bond motifs is 1. The highest BCUT2D eigenvalue weighted by atomic mass is 16.2. The second-order valence-corrected chi connectivity index (χ2v) is 9.32. The van der Waals surface area contributed by atoms with Gasteiger partial charge in [-0.25, -0.2) is 4.79 Å². The molecular weight excluding hydrogens is 394 g/mol. The number of nitrogens with two attached hydrogens (primary N) is 1. The lowest BCUT2D eigenvalue weighted by molar-refractivity contribution is -0.122. The van der Waals surface area contributed by atoms with Gasteiger partial charge in [-0.15, -0.1) is 0 Å². The number of aromatic amines is 1. The summed E-state index contributed by atoms with van der Waals surface area (Å²) >= 11 is 0. The summed E-state index contributed by atoms with van der Waals surface area (Å²) in [5.41, 5.74) is 5.30. The Bertz CT molecular complexity index is 875. The summed E-state index contributed by atoms with van der Waals surface area (Å²) in [6, 6.07) is 0.434. The van der Waals surface area contributed by atoms with E-state index in [1.54, 1.807) is 0 Å². The van der Waals surface area contributed by atoms with E-state index in [2.05, 4.69) is 16.8 Å². The third-order valence-electron chi connectivity index (χ3n) is 7.05. The van der Waals surface area contributed by atoms with Crippen LogP contribution in [0.1, 0.15) is 72.1 Å². The van der Waals surface area contributed by atoms with Gasteiger partial charge in [-0.3, -0.25) is 24.0 Å². The van der Waals surface area contributed by atoms with Crippen molar-refractivity contribution in [2.24, 2.45) is 11.8 Å². The van der Waals surface area contributed by atoms with Crippen molar-refractivity contribution in [2.75, 3.05) is 30.3 Å². The molecule has 0 spiro atoms. The van der Waals surface area contributed by atoms with Gasteiger partial charge >= 0.3 is 5.69 Å². The van der Waals surface area contributed by atoms with E-state index in [0.717, 1.165) is 25.8 Å². The van der Waals surface area contributed by atoms with Gasteiger partial charge in [0.1, 0.15) is 5.82 Å². The summed E-state index contributed by atoms with van der Waals surface area (Å²) < 4.78 is 1.36. The number of aromatic nitrogens is 2. The van der Waals surface area contributed by atoms with Gasteiger partial charge in [-0.2, -0.15) is 0 Å². The average Bonchev–Trinajstić information content (AvgIpc) is 2.73. The summed E-state index contributed by atoms with van der Waals surface area (Å²) in [6.07, 6.45) is 8.44. The fourth-order valence-electron chi connectivity index (χ4n) is 5.59. The van der Waals surface area contributed by atoms with E-state index in [1.807, 2.05) is 13.8 Å². The van der Waals surface area contributed by atoms with Crippen LogP contribution in [0.15, 0.2) is 9.59 Å². The molecule has 174 valence electrons. The zero-order valence-electron chi connectivity index (χ0n) is 19.4. The summed E-state index contributed by atoms with van der Waals surface area (Å²) in [4.78, 5) is 44.8. The molecule has 0 radical (unpaired) electrons. The van der Waals surface area contributed by atoms with Crippen molar-refractivity contribution < 1.29 is 4.79 Å². The zero-order valence-corrected chi connectivity index (χ0v) is 19.4. The molecule has 2 fully saturated rings. The van der Waals surface area contributed by atoms with Crippen LogP contribution in [0.5, 0.6) is 0 Å². The second-order valence-electron chi connectivity index (χ2n) is 9.32. The largest absolute Gasteiger partial charge is 0.383 e. The first kappa shape index (κ1) is 23.6. The van der Waals surface area contributed by atoms with Gasteiger partial charge in [0, 0.05) is 19.1 Å². The molecule has 1 aliphatic heterocycles. The van der Waals surface area contributed by atoms with Gasteiger partial charge < -0.3 is 10.6 Å². The molecular formula is C23H39N5O3. The predicted octanol–water partition coefficient (Wildman–Crippen LogP) is 2.56. The van der Waals surface area contributed by atoms with Crippen LogP contribution in [0.25, 0.3) is 0 Å². The van der Waals surface area contributed by atoms with E-state index < -0.39 is 11.2 Å². The summed E-state index contributed by atoms with van der Waals surface area (Å²) in [5, 5.41) is 0. The summed E-state index contributed by atoms with van der Waals surface area (Å²) in [5.74, 6) is 1.22. The van der Waals surface area contributed by atoms with Crippen molar-refractivity contribution in [3.8, 4) is 0 Å². The Morgan fingerprint density at radius 1 is 1.16 bits per heavy atom. The van der Waals surface area contributed by atoms with Gasteiger partial charge in [-0.1, -0.05) is 33.6 Å². The summed E-state index contributed by atoms with van der Waals surface area (Å²) in [6.45, 7) is 8.32. The van der Waals surface area contributed by atoms with E-state index in [-0.39, 0.29) is 17.4 Å². The van der Waals surface area contributed by atoms with Crippen LogP contribution >= 0.6 is 0 Å². The molecule has 0 bridgehead atoms. The second kappa shape index (κ2) is 10.5. The molecule has 0 aromatic carbocycles. The predicted molar refractivity (Wildman–Crippen MR) is 124 cm³/mol. The first-order valence-electron chi connectivity index (χ1n) is 12.1. The number of piperidine rings is 1. The van der Waals surface area contributed by atoms with Crippen molar-refractivity contribution in [3.63, 3.8) is 0 Å². The maximum absolute atomic E-state index is 13.5. The quantitative estimate of drug-likeness (QED) is 0.656. The van der Waals surface area contributed by atoms with Crippen LogP contribution in [0.4, 0.5) is 11.5 Å². The van der Waals surface area contributed by atoms with Crippen molar-refractivity contribution in [3.05, 3.63) is 20.8 Å². The van der Waals surface area contributed by atoms with Crippen molar-refractivity contribution in [1.82, 2.24) is 14.5 Å². The fraction of sp³-hybridized carbons (Fsp3) is 0.783. The van der Waals surface area contributed by atoms with E-state index in [1.165, 1.54) is 35.2 Å². The highest BCUT2D eigenvalue weighted by Crippen LogP contribution is 2.38. The molecule has 2 heterocycles. The standard InChI is InChI=1S/C23H39N5O3/c1-4-6-14-27(20-21(24)28(12-5-2)23(31)25-22(20)30)18(29)15-26-13-8-11-17-10-7-9-16(3)19(17)26/h16-17,19H,4-15,24H2,1-3H3,(H,25,30,31)/t16-,17+,19-/m1/s1. The number of unbranched alkanes of at least 4 members (excludes halogenated alkanes) is 1. The number of carbonyl (C=O) groups is 1. The molecule has 31 heavy (non-hydrogen) atoms. The molecule has 8 heteroatoms. The number of anilines is 2. The molecule has 1 amide bonds. The molecule has 2 aliphatic rings. The molecule has 0 unspecified atom stereocenters. The third-order valence-corrected chi connectivity index (χ3v) is 7.05. The van der Waals surface area contributed by atoms with E-state index in [4.69, 9.17) is 5.73 Å². The first-order chi connectivity index (χ1) is 14.9. The maximum atomic E-state index is 13.5. The molecule has 1 saturated carbocycles. The Morgan fingerprint density at radius 3 is 2.61 bits per heavy atom. The fourth-order valence-corrected chi connectivity index (χ4v) is 5.59. The minimum absolute atomic E-state index is 0.0857. The van der Waals surface area contributed by atoms with Crippen LogP contribution < -0.4 is 21.9 Å². The smallest absolute Gasteiger partial charge is 0.330 e. The summed E-state index contributed by atoms with van der Waals surface area (Å²) in [7, 11) is 0. The van der Waals surface area contributed by atoms with Gasteiger partial charge in [0.15, 0.2) is 5.69 Å². The molecule has 3 N–H and O–H groups in total. The zero-order chi connectivity index (χ0) is 22.5. The SMILES string of the molecule is CCCCN(C(=O)CN1CCC[C@@H]2CCC[C@@H](C)[C@H]21)c1c(N)n(CCC)c(=O)[nH]c1=O. The lowest BCUT2D eigenvalue weighted by atomic mass is 9.73. The molecule has 1 saturated heterocycles. The molecule has 3 atom stereocenters. The normalized spacial score (nSPS) is 24.0. The number of nitrogens with one attached hydrogen (secondary N) is 1. The number of likely N-dealkylation sites (tertiary alicyclic amines) is 1. The van der Waals surface area contributed by atoms with Crippen LogP contribution in [-0.4, -0.2) is 46.0 Å². The average molecular weight is 434 g/mol. The topological polar surface area (TPSA) is 104 Å². The number of rotatable bonds is 8. The number of carbonyl (C=O) groups excluding carboxylic acids is 1. The van der Waals surface area contributed by atoms with Gasteiger partial charge in [0.25, 0.3) is 5.56 Å². The van der Waals surface area contributed by atoms with Crippen molar-refractivity contribution in [2.45, 2.75) is 84.7 Å². The van der Waals surface area contributed by atoms with E-state index >= 15 is 0 Å². The van der Waals surface area contributed by atoms with Gasteiger partial charge in [0.2, 0.25) is 5.91 Å². The monoisotopic (exact) mass is 433 g/mol. The molecule has 8 nitrogen and oxygen atoms in total. The number of hydrogen-bond donors (Lipinski definition) is 2. The number of nitrogen functional groups attached to an aromatic ring is 1. The Balaban J connectivity index is 1.91. The van der Waals surface area contributed by atoms with Crippen LogP contribution in [0, 0.1) is 11.8 Å². The Kier molecular flexibility index (Phi) is 7.97. The van der Waals surface area contributed by atoms with Crippen molar-refractivity contribution >= 4 is 17.4 Å².